The third-order valence-electron chi connectivity index (χ3n) is 4.54. The minimum atomic E-state index is -0.187. The van der Waals surface area contributed by atoms with Gasteiger partial charge in [0, 0.05) is 25.0 Å². The van der Waals surface area contributed by atoms with E-state index in [0.29, 0.717) is 12.1 Å². The molecule has 0 unspecified atom stereocenters. The summed E-state index contributed by atoms with van der Waals surface area (Å²) in [4.78, 5) is 17.2. The quantitative estimate of drug-likeness (QED) is 0.794. The molecule has 2 aromatic rings. The number of hydrogen-bond donors (Lipinski definition) is 0. The van der Waals surface area contributed by atoms with E-state index in [1.165, 1.54) is 12.8 Å². The Morgan fingerprint density at radius 2 is 1.82 bits per heavy atom. The number of rotatable bonds is 5. The maximum atomic E-state index is 12.6. The van der Waals surface area contributed by atoms with Crippen LogP contribution in [0.2, 0.25) is 0 Å². The van der Waals surface area contributed by atoms with E-state index in [0.717, 1.165) is 42.8 Å². The van der Waals surface area contributed by atoms with Gasteiger partial charge in [-0.05, 0) is 51.9 Å². The summed E-state index contributed by atoms with van der Waals surface area (Å²) < 4.78 is 5.57. The monoisotopic (exact) mass is 300 g/mol. The second-order valence-electron chi connectivity index (χ2n) is 5.87. The number of likely N-dealkylation sites (tertiary alicyclic amines) is 1. The summed E-state index contributed by atoms with van der Waals surface area (Å²) in [6.07, 6.45) is 2.44. The standard InChI is InChI=1S/C18H24N2O2/c1-3-20(4-2)17-14-9-5-6-10-16(14)22-18(21)15(17)13-19-11-7-8-12-19/h5-6,9-10H,3-4,7-8,11-13H2,1-2H3. The van der Waals surface area contributed by atoms with Crippen molar-refractivity contribution < 1.29 is 4.42 Å². The first-order chi connectivity index (χ1) is 10.7. The van der Waals surface area contributed by atoms with E-state index in [2.05, 4.69) is 29.7 Å². The SMILES string of the molecule is CCN(CC)c1c(CN2CCCC2)c(=O)oc2ccccc12. The predicted molar refractivity (Wildman–Crippen MR) is 90.6 cm³/mol. The van der Waals surface area contributed by atoms with Crippen molar-refractivity contribution in [2.24, 2.45) is 0 Å². The summed E-state index contributed by atoms with van der Waals surface area (Å²) >= 11 is 0. The van der Waals surface area contributed by atoms with Crippen LogP contribution < -0.4 is 10.5 Å². The van der Waals surface area contributed by atoms with Crippen LogP contribution in [0.3, 0.4) is 0 Å². The minimum absolute atomic E-state index is 0.187. The topological polar surface area (TPSA) is 36.7 Å². The van der Waals surface area contributed by atoms with Crippen LogP contribution in [0.5, 0.6) is 0 Å². The number of benzene rings is 1. The van der Waals surface area contributed by atoms with Gasteiger partial charge in [0.1, 0.15) is 5.58 Å². The van der Waals surface area contributed by atoms with Gasteiger partial charge in [0.15, 0.2) is 0 Å². The minimum Gasteiger partial charge on any atom is -0.422 e. The summed E-state index contributed by atoms with van der Waals surface area (Å²) in [7, 11) is 0. The smallest absolute Gasteiger partial charge is 0.342 e. The van der Waals surface area contributed by atoms with Gasteiger partial charge in [-0.3, -0.25) is 4.90 Å². The lowest BCUT2D eigenvalue weighted by Crippen LogP contribution is -2.29. The lowest BCUT2D eigenvalue weighted by atomic mass is 10.1. The molecular weight excluding hydrogens is 276 g/mol. The predicted octanol–water partition coefficient (Wildman–Crippen LogP) is 3.24. The molecule has 0 saturated carbocycles. The lowest BCUT2D eigenvalue weighted by Gasteiger charge is -2.26. The molecule has 3 rings (SSSR count). The van der Waals surface area contributed by atoms with Crippen LogP contribution in [0.4, 0.5) is 5.69 Å². The fourth-order valence-corrected chi connectivity index (χ4v) is 3.38. The highest BCUT2D eigenvalue weighted by Crippen LogP contribution is 2.30. The first kappa shape index (κ1) is 15.1. The molecule has 0 bridgehead atoms. The molecule has 0 atom stereocenters. The molecule has 1 fully saturated rings. The van der Waals surface area contributed by atoms with Crippen molar-refractivity contribution in [2.75, 3.05) is 31.1 Å². The van der Waals surface area contributed by atoms with Gasteiger partial charge < -0.3 is 9.32 Å². The summed E-state index contributed by atoms with van der Waals surface area (Å²) in [6.45, 7) is 8.87. The highest BCUT2D eigenvalue weighted by molar-refractivity contribution is 5.91. The van der Waals surface area contributed by atoms with Crippen LogP contribution in [-0.2, 0) is 6.54 Å². The first-order valence-corrected chi connectivity index (χ1v) is 8.26. The lowest BCUT2D eigenvalue weighted by molar-refractivity contribution is 0.326. The van der Waals surface area contributed by atoms with E-state index in [-0.39, 0.29) is 5.63 Å². The van der Waals surface area contributed by atoms with Crippen molar-refractivity contribution in [2.45, 2.75) is 33.2 Å². The Labute approximate surface area is 131 Å². The molecule has 1 aliphatic rings. The number of para-hydroxylation sites is 1. The fourth-order valence-electron chi connectivity index (χ4n) is 3.38. The van der Waals surface area contributed by atoms with E-state index in [9.17, 15) is 4.79 Å². The summed E-state index contributed by atoms with van der Waals surface area (Å²) in [5.74, 6) is 0. The maximum absolute atomic E-state index is 12.6. The molecule has 4 heteroatoms. The Morgan fingerprint density at radius 3 is 2.50 bits per heavy atom. The Balaban J connectivity index is 2.17. The van der Waals surface area contributed by atoms with Gasteiger partial charge in [-0.25, -0.2) is 4.79 Å². The second kappa shape index (κ2) is 6.53. The second-order valence-corrected chi connectivity index (χ2v) is 5.87. The average Bonchev–Trinajstić information content (AvgIpc) is 3.04. The zero-order valence-electron chi connectivity index (χ0n) is 13.5. The molecule has 1 saturated heterocycles. The molecule has 0 aliphatic carbocycles. The van der Waals surface area contributed by atoms with Gasteiger partial charge in [-0.2, -0.15) is 0 Å². The Kier molecular flexibility index (Phi) is 4.48. The van der Waals surface area contributed by atoms with Gasteiger partial charge in [0.25, 0.3) is 0 Å². The summed E-state index contributed by atoms with van der Waals surface area (Å²) in [5, 5.41) is 1.04. The number of nitrogens with zero attached hydrogens (tertiary/aromatic N) is 2. The molecular formula is C18H24N2O2. The Bertz CT molecular complexity index is 698. The van der Waals surface area contributed by atoms with Crippen molar-refractivity contribution >= 4 is 16.7 Å². The van der Waals surface area contributed by atoms with E-state index in [1.807, 2.05) is 18.2 Å². The summed E-state index contributed by atoms with van der Waals surface area (Å²) in [5.41, 5.74) is 2.36. The highest BCUT2D eigenvalue weighted by Gasteiger charge is 2.22. The van der Waals surface area contributed by atoms with E-state index in [1.54, 1.807) is 0 Å². The van der Waals surface area contributed by atoms with Crippen LogP contribution in [0.1, 0.15) is 32.3 Å². The third-order valence-corrected chi connectivity index (χ3v) is 4.54. The zero-order chi connectivity index (χ0) is 15.5. The van der Waals surface area contributed by atoms with Gasteiger partial charge in [0.2, 0.25) is 0 Å². The van der Waals surface area contributed by atoms with Crippen molar-refractivity contribution in [1.82, 2.24) is 4.90 Å². The number of anilines is 1. The normalized spacial score (nSPS) is 15.5. The zero-order valence-corrected chi connectivity index (χ0v) is 13.5. The summed E-state index contributed by atoms with van der Waals surface area (Å²) in [6, 6.07) is 7.86. The molecule has 0 spiro atoms. The molecule has 1 aliphatic heterocycles. The van der Waals surface area contributed by atoms with Crippen molar-refractivity contribution in [1.29, 1.82) is 0 Å². The molecule has 118 valence electrons. The van der Waals surface area contributed by atoms with Crippen LogP contribution in [0, 0.1) is 0 Å². The molecule has 2 heterocycles. The Morgan fingerprint density at radius 1 is 1.14 bits per heavy atom. The van der Waals surface area contributed by atoms with Crippen LogP contribution in [0.25, 0.3) is 11.0 Å². The van der Waals surface area contributed by atoms with Crippen LogP contribution >= 0.6 is 0 Å². The van der Waals surface area contributed by atoms with E-state index < -0.39 is 0 Å². The van der Waals surface area contributed by atoms with E-state index in [4.69, 9.17) is 4.42 Å². The first-order valence-electron chi connectivity index (χ1n) is 8.26. The fraction of sp³-hybridized carbons (Fsp3) is 0.500. The van der Waals surface area contributed by atoms with Gasteiger partial charge in [-0.15, -0.1) is 0 Å². The van der Waals surface area contributed by atoms with E-state index >= 15 is 0 Å². The van der Waals surface area contributed by atoms with Crippen molar-refractivity contribution in [3.8, 4) is 0 Å². The third kappa shape index (κ3) is 2.75. The average molecular weight is 300 g/mol. The van der Waals surface area contributed by atoms with Gasteiger partial charge >= 0.3 is 5.63 Å². The van der Waals surface area contributed by atoms with Crippen LogP contribution in [-0.4, -0.2) is 31.1 Å². The maximum Gasteiger partial charge on any atom is 0.342 e. The molecule has 22 heavy (non-hydrogen) atoms. The van der Waals surface area contributed by atoms with Gasteiger partial charge in [-0.1, -0.05) is 12.1 Å². The molecule has 4 nitrogen and oxygen atoms in total. The number of hydrogen-bond acceptors (Lipinski definition) is 4. The molecule has 1 aromatic carbocycles. The molecule has 0 N–H and O–H groups in total. The van der Waals surface area contributed by atoms with Crippen molar-refractivity contribution in [3.05, 3.63) is 40.2 Å². The molecule has 0 radical (unpaired) electrons. The highest BCUT2D eigenvalue weighted by atomic mass is 16.4. The molecule has 1 aromatic heterocycles. The van der Waals surface area contributed by atoms with Crippen molar-refractivity contribution in [3.63, 3.8) is 0 Å². The van der Waals surface area contributed by atoms with Gasteiger partial charge in [0.05, 0.1) is 11.3 Å². The molecule has 0 amide bonds. The van der Waals surface area contributed by atoms with Crippen LogP contribution in [0.15, 0.2) is 33.5 Å². The largest absolute Gasteiger partial charge is 0.422 e. The Hall–Kier alpha value is -1.81. The number of fused-ring (bicyclic) bond motifs is 1.